The standard InChI is InChI=1S/C20H19N5O2/c1-14-6-5-10-25-12-15(21-19(14)25)13-27-17-8-4-3-7-16(17)20(26)22-18-9-11-24(2)23-18/h3-12H,13H2,1-2H3,(H,22,23,26). The zero-order valence-corrected chi connectivity index (χ0v) is 15.1. The van der Waals surface area contributed by atoms with Crippen LogP contribution in [0.1, 0.15) is 21.6 Å². The lowest BCUT2D eigenvalue weighted by atomic mass is 10.2. The number of ether oxygens (including phenoxy) is 1. The van der Waals surface area contributed by atoms with Crippen molar-refractivity contribution in [3.63, 3.8) is 0 Å². The zero-order chi connectivity index (χ0) is 18.8. The van der Waals surface area contributed by atoms with Gasteiger partial charge in [-0.1, -0.05) is 18.2 Å². The number of hydrogen-bond donors (Lipinski definition) is 1. The summed E-state index contributed by atoms with van der Waals surface area (Å²) in [5.74, 6) is 0.725. The van der Waals surface area contributed by atoms with Gasteiger partial charge in [0.05, 0.1) is 11.3 Å². The highest BCUT2D eigenvalue weighted by atomic mass is 16.5. The van der Waals surface area contributed by atoms with Gasteiger partial charge < -0.3 is 14.5 Å². The van der Waals surface area contributed by atoms with Crippen LogP contribution in [-0.4, -0.2) is 25.1 Å². The monoisotopic (exact) mass is 361 g/mol. The number of rotatable bonds is 5. The largest absolute Gasteiger partial charge is 0.486 e. The molecule has 0 bridgehead atoms. The first-order chi connectivity index (χ1) is 13.1. The summed E-state index contributed by atoms with van der Waals surface area (Å²) in [5, 5.41) is 6.94. The molecule has 4 rings (SSSR count). The van der Waals surface area contributed by atoms with Gasteiger partial charge in [-0.15, -0.1) is 0 Å². The molecule has 0 atom stereocenters. The van der Waals surface area contributed by atoms with E-state index >= 15 is 0 Å². The van der Waals surface area contributed by atoms with Crippen molar-refractivity contribution < 1.29 is 9.53 Å². The van der Waals surface area contributed by atoms with Crippen molar-refractivity contribution in [2.75, 3.05) is 5.32 Å². The number of aromatic nitrogens is 4. The number of hydrogen-bond acceptors (Lipinski definition) is 4. The Morgan fingerprint density at radius 2 is 2.00 bits per heavy atom. The summed E-state index contributed by atoms with van der Waals surface area (Å²) in [6.07, 6.45) is 5.65. The van der Waals surface area contributed by atoms with Gasteiger partial charge in [-0.05, 0) is 30.7 Å². The van der Waals surface area contributed by atoms with Gasteiger partial charge in [-0.3, -0.25) is 9.48 Å². The number of carbonyl (C=O) groups is 1. The molecule has 1 aromatic carbocycles. The quantitative estimate of drug-likeness (QED) is 0.592. The summed E-state index contributed by atoms with van der Waals surface area (Å²) in [7, 11) is 1.79. The first-order valence-corrected chi connectivity index (χ1v) is 8.56. The minimum absolute atomic E-state index is 0.268. The number of pyridine rings is 1. The number of benzene rings is 1. The Balaban J connectivity index is 1.52. The molecule has 0 saturated heterocycles. The van der Waals surface area contributed by atoms with Gasteiger partial charge in [0.25, 0.3) is 5.91 Å². The number of amides is 1. The van der Waals surface area contributed by atoms with E-state index < -0.39 is 0 Å². The van der Waals surface area contributed by atoms with Crippen LogP contribution in [0.3, 0.4) is 0 Å². The molecule has 0 radical (unpaired) electrons. The Morgan fingerprint density at radius 3 is 2.78 bits per heavy atom. The van der Waals surface area contributed by atoms with Crippen LogP contribution in [0.2, 0.25) is 0 Å². The summed E-state index contributed by atoms with van der Waals surface area (Å²) in [6.45, 7) is 2.29. The minimum Gasteiger partial charge on any atom is -0.486 e. The molecule has 136 valence electrons. The van der Waals surface area contributed by atoms with E-state index in [1.165, 1.54) is 0 Å². The van der Waals surface area contributed by atoms with E-state index in [0.29, 0.717) is 17.1 Å². The highest BCUT2D eigenvalue weighted by molar-refractivity contribution is 6.05. The van der Waals surface area contributed by atoms with E-state index in [4.69, 9.17) is 4.74 Å². The number of nitrogens with one attached hydrogen (secondary N) is 1. The third kappa shape index (κ3) is 3.52. The van der Waals surface area contributed by atoms with Crippen molar-refractivity contribution in [1.82, 2.24) is 19.2 Å². The molecule has 7 nitrogen and oxygen atoms in total. The lowest BCUT2D eigenvalue weighted by Gasteiger charge is -2.10. The molecule has 7 heteroatoms. The number of para-hydroxylation sites is 1. The molecule has 3 heterocycles. The number of imidazole rings is 1. The summed E-state index contributed by atoms with van der Waals surface area (Å²) in [4.78, 5) is 17.2. The van der Waals surface area contributed by atoms with Crippen molar-refractivity contribution in [3.8, 4) is 5.75 Å². The third-order valence-corrected chi connectivity index (χ3v) is 4.19. The minimum atomic E-state index is -0.268. The topological polar surface area (TPSA) is 73.5 Å². The van der Waals surface area contributed by atoms with Crippen LogP contribution in [0.4, 0.5) is 5.82 Å². The van der Waals surface area contributed by atoms with Crippen LogP contribution >= 0.6 is 0 Å². The summed E-state index contributed by atoms with van der Waals surface area (Å²) in [5.41, 5.74) is 3.24. The zero-order valence-electron chi connectivity index (χ0n) is 15.1. The van der Waals surface area contributed by atoms with Gasteiger partial charge in [-0.2, -0.15) is 5.10 Å². The van der Waals surface area contributed by atoms with Crippen molar-refractivity contribution >= 4 is 17.4 Å². The summed E-state index contributed by atoms with van der Waals surface area (Å²) in [6, 6.07) is 12.9. The second kappa shape index (κ2) is 6.95. The van der Waals surface area contributed by atoms with Crippen LogP contribution in [0.25, 0.3) is 5.65 Å². The fourth-order valence-electron chi connectivity index (χ4n) is 2.87. The van der Waals surface area contributed by atoms with E-state index in [1.807, 2.05) is 41.9 Å². The molecule has 0 unspecified atom stereocenters. The SMILES string of the molecule is Cc1cccn2cc(COc3ccccc3C(=O)Nc3ccn(C)n3)nc12. The van der Waals surface area contributed by atoms with Gasteiger partial charge >= 0.3 is 0 Å². The second-order valence-electron chi connectivity index (χ2n) is 6.27. The second-order valence-corrected chi connectivity index (χ2v) is 6.27. The van der Waals surface area contributed by atoms with Gasteiger partial charge in [0.15, 0.2) is 5.82 Å². The van der Waals surface area contributed by atoms with E-state index in [0.717, 1.165) is 16.9 Å². The van der Waals surface area contributed by atoms with Crippen molar-refractivity contribution in [1.29, 1.82) is 0 Å². The highest BCUT2D eigenvalue weighted by Crippen LogP contribution is 2.21. The molecule has 0 aliphatic heterocycles. The Bertz CT molecular complexity index is 1110. The first-order valence-electron chi connectivity index (χ1n) is 8.56. The van der Waals surface area contributed by atoms with Crippen molar-refractivity contribution in [2.24, 2.45) is 7.05 Å². The molecule has 27 heavy (non-hydrogen) atoms. The van der Waals surface area contributed by atoms with Crippen molar-refractivity contribution in [2.45, 2.75) is 13.5 Å². The number of aryl methyl sites for hydroxylation is 2. The number of carbonyl (C=O) groups excluding carboxylic acids is 1. The number of nitrogens with zero attached hydrogens (tertiary/aromatic N) is 4. The number of fused-ring (bicyclic) bond motifs is 1. The van der Waals surface area contributed by atoms with E-state index in [2.05, 4.69) is 15.4 Å². The maximum atomic E-state index is 12.6. The van der Waals surface area contributed by atoms with Crippen LogP contribution in [0.5, 0.6) is 5.75 Å². The molecule has 0 aliphatic rings. The van der Waals surface area contributed by atoms with Crippen LogP contribution < -0.4 is 10.1 Å². The van der Waals surface area contributed by atoms with E-state index in [-0.39, 0.29) is 12.5 Å². The lowest BCUT2D eigenvalue weighted by Crippen LogP contribution is -2.14. The molecule has 0 saturated carbocycles. The molecule has 1 amide bonds. The summed E-state index contributed by atoms with van der Waals surface area (Å²) >= 11 is 0. The third-order valence-electron chi connectivity index (χ3n) is 4.19. The Kier molecular flexibility index (Phi) is 4.33. The molecule has 0 spiro atoms. The fraction of sp³-hybridized carbons (Fsp3) is 0.150. The molecule has 0 aliphatic carbocycles. The highest BCUT2D eigenvalue weighted by Gasteiger charge is 2.14. The van der Waals surface area contributed by atoms with Crippen molar-refractivity contribution in [3.05, 3.63) is 77.9 Å². The predicted octanol–water partition coefficient (Wildman–Crippen LogP) is 3.21. The van der Waals surface area contributed by atoms with Crippen LogP contribution in [-0.2, 0) is 13.7 Å². The molecule has 1 N–H and O–H groups in total. The van der Waals surface area contributed by atoms with Gasteiger partial charge in [0.2, 0.25) is 0 Å². The fourth-order valence-corrected chi connectivity index (χ4v) is 2.87. The molecular formula is C20H19N5O2. The molecule has 3 aromatic heterocycles. The Morgan fingerprint density at radius 1 is 1.15 bits per heavy atom. The first kappa shape index (κ1) is 16.8. The Labute approximate surface area is 156 Å². The predicted molar refractivity (Wildman–Crippen MR) is 102 cm³/mol. The van der Waals surface area contributed by atoms with Crippen LogP contribution in [0, 0.1) is 6.92 Å². The Hall–Kier alpha value is -3.61. The van der Waals surface area contributed by atoms with Gasteiger partial charge in [-0.25, -0.2) is 4.98 Å². The maximum Gasteiger partial charge on any atom is 0.260 e. The molecular weight excluding hydrogens is 342 g/mol. The smallest absolute Gasteiger partial charge is 0.260 e. The maximum absolute atomic E-state index is 12.6. The van der Waals surface area contributed by atoms with Crippen LogP contribution in [0.15, 0.2) is 61.1 Å². The summed E-state index contributed by atoms with van der Waals surface area (Å²) < 4.78 is 9.49. The average molecular weight is 361 g/mol. The normalized spacial score (nSPS) is 10.9. The van der Waals surface area contributed by atoms with Gasteiger partial charge in [0.1, 0.15) is 18.0 Å². The molecule has 4 aromatic rings. The van der Waals surface area contributed by atoms with Gasteiger partial charge in [0, 0.05) is 31.7 Å². The number of anilines is 1. The molecule has 0 fully saturated rings. The lowest BCUT2D eigenvalue weighted by molar-refractivity contribution is 0.102. The van der Waals surface area contributed by atoms with E-state index in [9.17, 15) is 4.79 Å². The van der Waals surface area contributed by atoms with E-state index in [1.54, 1.807) is 42.2 Å². The average Bonchev–Trinajstić information content (AvgIpc) is 3.27.